The predicted molar refractivity (Wildman–Crippen MR) is 123 cm³/mol. The third-order valence-corrected chi connectivity index (χ3v) is 5.81. The number of rotatable bonds is 6. The lowest BCUT2D eigenvalue weighted by Crippen LogP contribution is -2.13. The number of nitrogens with zero attached hydrogens (tertiary/aromatic N) is 1. The van der Waals surface area contributed by atoms with Crippen LogP contribution in [0.15, 0.2) is 30.8 Å². The maximum Gasteiger partial charge on any atom is 0.204 e. The zero-order chi connectivity index (χ0) is 21.2. The van der Waals surface area contributed by atoms with Crippen molar-refractivity contribution in [3.8, 4) is 11.8 Å². The SMILES string of the molecule is C=C(c1cccc(C#N)c1)c1c(C)c(C(C)C)c(O[SiH3])c(C(C)C)c1C(C)C. The summed E-state index contributed by atoms with van der Waals surface area (Å²) in [5.41, 5.74) is 9.06. The minimum absolute atomic E-state index is 0.346. The molecule has 0 aromatic heterocycles. The van der Waals surface area contributed by atoms with E-state index < -0.39 is 0 Å². The van der Waals surface area contributed by atoms with E-state index in [0.717, 1.165) is 16.9 Å². The summed E-state index contributed by atoms with van der Waals surface area (Å²) in [6, 6.07) is 10.0. The Kier molecular flexibility index (Phi) is 6.90. The van der Waals surface area contributed by atoms with Crippen LogP contribution < -0.4 is 4.43 Å². The highest BCUT2D eigenvalue weighted by atomic mass is 28.2. The second-order valence-electron chi connectivity index (χ2n) is 8.41. The molecule has 3 heteroatoms. The highest BCUT2D eigenvalue weighted by molar-refractivity contribution is 6.00. The van der Waals surface area contributed by atoms with Gasteiger partial charge in [-0.15, -0.1) is 0 Å². The highest BCUT2D eigenvalue weighted by Crippen LogP contribution is 2.46. The Morgan fingerprint density at radius 3 is 2.04 bits per heavy atom. The standard InChI is InChI=1S/C25H33NOSi/c1-14(2)21-18(8)24(17(7)20-11-9-10-19(12-20)13-26)22(15(3)4)23(16(5)6)25(21)27-28/h9-12,14-16H,7H2,1-6,8,28H3. The average Bonchev–Trinajstić information content (AvgIpc) is 2.65. The summed E-state index contributed by atoms with van der Waals surface area (Å²) in [5, 5.41) is 9.32. The Bertz CT molecular complexity index is 933. The molecule has 0 atom stereocenters. The summed E-state index contributed by atoms with van der Waals surface area (Å²) in [7, 11) is 0.668. The normalized spacial score (nSPS) is 11.3. The van der Waals surface area contributed by atoms with Gasteiger partial charge in [0.1, 0.15) is 5.75 Å². The Morgan fingerprint density at radius 2 is 1.57 bits per heavy atom. The second kappa shape index (κ2) is 8.79. The molecule has 2 aromatic rings. The number of nitriles is 1. The zero-order valence-electron chi connectivity index (χ0n) is 18.6. The van der Waals surface area contributed by atoms with Crippen LogP contribution in [0.1, 0.15) is 98.2 Å². The molecule has 0 unspecified atom stereocenters. The van der Waals surface area contributed by atoms with Crippen LogP contribution in [0, 0.1) is 18.3 Å². The van der Waals surface area contributed by atoms with E-state index in [2.05, 4.69) is 61.1 Å². The van der Waals surface area contributed by atoms with Crippen molar-refractivity contribution in [2.45, 2.75) is 66.2 Å². The van der Waals surface area contributed by atoms with E-state index in [1.165, 1.54) is 27.8 Å². The first kappa shape index (κ1) is 22.0. The van der Waals surface area contributed by atoms with Crippen molar-refractivity contribution in [2.75, 3.05) is 0 Å². The van der Waals surface area contributed by atoms with E-state index in [9.17, 15) is 5.26 Å². The molecule has 2 nitrogen and oxygen atoms in total. The van der Waals surface area contributed by atoms with E-state index in [4.69, 9.17) is 4.43 Å². The number of hydrogen-bond donors (Lipinski definition) is 0. The van der Waals surface area contributed by atoms with Crippen LogP contribution in [-0.2, 0) is 0 Å². The van der Waals surface area contributed by atoms with Gasteiger partial charge >= 0.3 is 0 Å². The fraction of sp³-hybridized carbons (Fsp3) is 0.400. The van der Waals surface area contributed by atoms with Crippen LogP contribution >= 0.6 is 0 Å². The molecule has 0 N–H and O–H groups in total. The average molecular weight is 392 g/mol. The van der Waals surface area contributed by atoms with Gasteiger partial charge in [-0.2, -0.15) is 5.26 Å². The van der Waals surface area contributed by atoms with Crippen molar-refractivity contribution in [1.29, 1.82) is 5.26 Å². The Labute approximate surface area is 173 Å². The smallest absolute Gasteiger partial charge is 0.204 e. The first-order valence-corrected chi connectivity index (χ1v) is 10.9. The van der Waals surface area contributed by atoms with Crippen LogP contribution in [0.5, 0.6) is 5.75 Å². The van der Waals surface area contributed by atoms with Gasteiger partial charge in [0.15, 0.2) is 0 Å². The van der Waals surface area contributed by atoms with Gasteiger partial charge in [-0.3, -0.25) is 0 Å². The molecule has 0 amide bonds. The summed E-state index contributed by atoms with van der Waals surface area (Å²) < 4.78 is 6.11. The summed E-state index contributed by atoms with van der Waals surface area (Å²) in [5.74, 6) is 2.15. The van der Waals surface area contributed by atoms with Gasteiger partial charge in [0.25, 0.3) is 0 Å². The fourth-order valence-corrected chi connectivity index (χ4v) is 4.75. The molecular formula is C25H33NOSi. The first-order chi connectivity index (χ1) is 13.1. The third-order valence-electron chi connectivity index (χ3n) is 5.41. The molecule has 0 bridgehead atoms. The van der Waals surface area contributed by atoms with Crippen LogP contribution in [0.3, 0.4) is 0 Å². The van der Waals surface area contributed by atoms with Gasteiger partial charge in [0, 0.05) is 0 Å². The Morgan fingerprint density at radius 1 is 1.00 bits per heavy atom. The van der Waals surface area contributed by atoms with Crippen LogP contribution in [0.4, 0.5) is 0 Å². The maximum atomic E-state index is 9.32. The Hall–Kier alpha value is -2.31. The topological polar surface area (TPSA) is 33.0 Å². The lowest BCUT2D eigenvalue weighted by atomic mass is 9.76. The van der Waals surface area contributed by atoms with Crippen LogP contribution in [-0.4, -0.2) is 10.5 Å². The molecule has 0 fully saturated rings. The molecule has 2 rings (SSSR count). The third kappa shape index (κ3) is 3.93. The summed E-state index contributed by atoms with van der Waals surface area (Å²) in [4.78, 5) is 0. The minimum atomic E-state index is 0.346. The molecule has 28 heavy (non-hydrogen) atoms. The largest absolute Gasteiger partial charge is 0.553 e. The van der Waals surface area contributed by atoms with Crippen molar-refractivity contribution in [3.05, 3.63) is 69.8 Å². The molecule has 0 spiro atoms. The molecule has 0 saturated carbocycles. The zero-order valence-corrected chi connectivity index (χ0v) is 20.6. The predicted octanol–water partition coefficient (Wildman–Crippen LogP) is 5.96. The molecule has 0 saturated heterocycles. The van der Waals surface area contributed by atoms with Gasteiger partial charge in [-0.1, -0.05) is 60.3 Å². The summed E-state index contributed by atoms with van der Waals surface area (Å²) in [6.45, 7) is 20.1. The lowest BCUT2D eigenvalue weighted by molar-refractivity contribution is 0.572. The number of benzene rings is 2. The molecule has 0 heterocycles. The van der Waals surface area contributed by atoms with E-state index in [-0.39, 0.29) is 0 Å². The second-order valence-corrected chi connectivity index (χ2v) is 8.82. The van der Waals surface area contributed by atoms with E-state index in [1.54, 1.807) is 0 Å². The minimum Gasteiger partial charge on any atom is -0.553 e. The van der Waals surface area contributed by atoms with Crippen LogP contribution in [0.25, 0.3) is 5.57 Å². The van der Waals surface area contributed by atoms with Gasteiger partial charge in [-0.05, 0) is 75.8 Å². The van der Waals surface area contributed by atoms with Gasteiger partial charge in [0.05, 0.1) is 11.6 Å². The number of hydrogen-bond acceptors (Lipinski definition) is 2. The van der Waals surface area contributed by atoms with E-state index in [1.807, 2.05) is 24.3 Å². The van der Waals surface area contributed by atoms with Gasteiger partial charge in [0.2, 0.25) is 10.5 Å². The van der Waals surface area contributed by atoms with Crippen molar-refractivity contribution in [3.63, 3.8) is 0 Å². The van der Waals surface area contributed by atoms with Crippen molar-refractivity contribution < 1.29 is 4.43 Å². The Balaban J connectivity index is 2.96. The molecular weight excluding hydrogens is 358 g/mol. The highest BCUT2D eigenvalue weighted by Gasteiger charge is 2.28. The molecule has 0 aliphatic carbocycles. The first-order valence-electron chi connectivity index (χ1n) is 10.1. The van der Waals surface area contributed by atoms with E-state index in [0.29, 0.717) is 33.8 Å². The van der Waals surface area contributed by atoms with Crippen molar-refractivity contribution in [2.24, 2.45) is 0 Å². The van der Waals surface area contributed by atoms with Crippen molar-refractivity contribution >= 4 is 16.1 Å². The van der Waals surface area contributed by atoms with Crippen LogP contribution in [0.2, 0.25) is 0 Å². The maximum absolute atomic E-state index is 9.32. The monoisotopic (exact) mass is 391 g/mol. The molecule has 0 aliphatic rings. The quantitative estimate of drug-likeness (QED) is 0.569. The molecule has 148 valence electrons. The lowest BCUT2D eigenvalue weighted by Gasteiger charge is -2.30. The van der Waals surface area contributed by atoms with E-state index >= 15 is 0 Å². The molecule has 0 aliphatic heterocycles. The fourth-order valence-electron chi connectivity index (χ4n) is 4.31. The summed E-state index contributed by atoms with van der Waals surface area (Å²) >= 11 is 0. The molecule has 2 aromatic carbocycles. The van der Waals surface area contributed by atoms with Gasteiger partial charge < -0.3 is 4.43 Å². The van der Waals surface area contributed by atoms with Crippen molar-refractivity contribution in [1.82, 2.24) is 0 Å². The van der Waals surface area contributed by atoms with Gasteiger partial charge in [-0.25, -0.2) is 0 Å². The molecule has 0 radical (unpaired) electrons. The summed E-state index contributed by atoms with van der Waals surface area (Å²) in [6.07, 6.45) is 0.